The van der Waals surface area contributed by atoms with Crippen molar-refractivity contribution in [3.63, 3.8) is 0 Å². The van der Waals surface area contributed by atoms with Crippen molar-refractivity contribution in [2.75, 3.05) is 39.0 Å². The molecule has 2 amide bonds. The molecule has 124 valence electrons. The lowest BCUT2D eigenvalue weighted by Crippen LogP contribution is -2.43. The zero-order valence-corrected chi connectivity index (χ0v) is 14.0. The Kier molecular flexibility index (Phi) is 4.55. The summed E-state index contributed by atoms with van der Waals surface area (Å²) in [7, 11) is 3.59. The van der Waals surface area contributed by atoms with Crippen LogP contribution in [0.2, 0.25) is 0 Å². The van der Waals surface area contributed by atoms with Gasteiger partial charge in [0.05, 0.1) is 0 Å². The summed E-state index contributed by atoms with van der Waals surface area (Å²) in [5, 5.41) is 3.37. The zero-order chi connectivity index (χ0) is 16.4. The summed E-state index contributed by atoms with van der Waals surface area (Å²) in [5.41, 5.74) is 3.07. The third-order valence-corrected chi connectivity index (χ3v) is 4.90. The van der Waals surface area contributed by atoms with Crippen LogP contribution in [0.5, 0.6) is 0 Å². The molecule has 5 nitrogen and oxygen atoms in total. The van der Waals surface area contributed by atoms with Gasteiger partial charge in [-0.2, -0.15) is 0 Å². The fourth-order valence-corrected chi connectivity index (χ4v) is 3.58. The van der Waals surface area contributed by atoms with Crippen LogP contribution in [-0.2, 0) is 11.2 Å². The molecule has 0 radical (unpaired) electrons. The highest BCUT2D eigenvalue weighted by Crippen LogP contribution is 2.28. The first-order valence-corrected chi connectivity index (χ1v) is 8.44. The first kappa shape index (κ1) is 15.8. The summed E-state index contributed by atoms with van der Waals surface area (Å²) >= 11 is 0. The van der Waals surface area contributed by atoms with Crippen molar-refractivity contribution in [3.05, 3.63) is 29.3 Å². The number of piperidine rings is 1. The van der Waals surface area contributed by atoms with Crippen LogP contribution in [0.1, 0.15) is 35.2 Å². The van der Waals surface area contributed by atoms with Gasteiger partial charge < -0.3 is 15.1 Å². The molecule has 0 aliphatic carbocycles. The number of carbonyl (C=O) groups is 2. The quantitative estimate of drug-likeness (QED) is 0.908. The minimum atomic E-state index is 0.0559. The Morgan fingerprint density at radius 3 is 2.65 bits per heavy atom. The fourth-order valence-electron chi connectivity index (χ4n) is 3.58. The molecular weight excluding hydrogens is 290 g/mol. The smallest absolute Gasteiger partial charge is 0.254 e. The summed E-state index contributed by atoms with van der Waals surface area (Å²) in [5.74, 6) is 0.347. The van der Waals surface area contributed by atoms with Crippen LogP contribution in [0.15, 0.2) is 18.2 Å². The van der Waals surface area contributed by atoms with Gasteiger partial charge in [0.1, 0.15) is 0 Å². The minimum absolute atomic E-state index is 0.0559. The highest BCUT2D eigenvalue weighted by atomic mass is 16.2. The number of anilines is 1. The Morgan fingerprint density at radius 2 is 1.96 bits per heavy atom. The van der Waals surface area contributed by atoms with Crippen molar-refractivity contribution < 1.29 is 9.59 Å². The van der Waals surface area contributed by atoms with Crippen molar-refractivity contribution in [2.45, 2.75) is 25.7 Å². The van der Waals surface area contributed by atoms with E-state index in [0.29, 0.717) is 13.1 Å². The van der Waals surface area contributed by atoms with Gasteiger partial charge in [-0.05, 0) is 43.4 Å². The van der Waals surface area contributed by atoms with Gasteiger partial charge in [0, 0.05) is 50.9 Å². The zero-order valence-electron chi connectivity index (χ0n) is 14.0. The first-order chi connectivity index (χ1) is 11.1. The van der Waals surface area contributed by atoms with Crippen molar-refractivity contribution in [2.24, 2.45) is 5.92 Å². The molecule has 0 aromatic heterocycles. The van der Waals surface area contributed by atoms with Crippen LogP contribution in [0.3, 0.4) is 0 Å². The molecule has 2 aliphatic heterocycles. The molecule has 5 heteroatoms. The molecular formula is C18H25N3O2. The Hall–Kier alpha value is -2.04. The molecule has 23 heavy (non-hydrogen) atoms. The predicted molar refractivity (Wildman–Crippen MR) is 90.6 cm³/mol. The summed E-state index contributed by atoms with van der Waals surface area (Å²) < 4.78 is 0. The van der Waals surface area contributed by atoms with E-state index in [4.69, 9.17) is 0 Å². The molecule has 3 rings (SSSR count). The Bertz CT molecular complexity index is 604. The Labute approximate surface area is 137 Å². The number of nitrogens with one attached hydrogen (secondary N) is 1. The van der Waals surface area contributed by atoms with Gasteiger partial charge in [-0.25, -0.2) is 0 Å². The molecule has 0 bridgehead atoms. The highest BCUT2D eigenvalue weighted by Gasteiger charge is 2.29. The topological polar surface area (TPSA) is 52.7 Å². The molecule has 2 heterocycles. The summed E-state index contributed by atoms with van der Waals surface area (Å²) in [6.07, 6.45) is 3.54. The molecule has 1 N–H and O–H groups in total. The van der Waals surface area contributed by atoms with E-state index in [-0.39, 0.29) is 17.7 Å². The molecule has 0 saturated carbocycles. The molecule has 0 atom stereocenters. The second kappa shape index (κ2) is 6.60. The van der Waals surface area contributed by atoms with E-state index >= 15 is 0 Å². The van der Waals surface area contributed by atoms with Crippen LogP contribution in [0.4, 0.5) is 5.69 Å². The lowest BCUT2D eigenvalue weighted by Gasteiger charge is -2.33. The van der Waals surface area contributed by atoms with E-state index in [2.05, 4.69) is 5.32 Å². The van der Waals surface area contributed by atoms with Crippen molar-refractivity contribution in [1.29, 1.82) is 0 Å². The lowest BCUT2D eigenvalue weighted by atomic mass is 9.93. The van der Waals surface area contributed by atoms with Gasteiger partial charge in [0.15, 0.2) is 0 Å². The largest absolute Gasteiger partial charge is 0.385 e. The Balaban J connectivity index is 1.70. The third-order valence-electron chi connectivity index (χ3n) is 4.90. The average molecular weight is 315 g/mol. The van der Waals surface area contributed by atoms with Gasteiger partial charge in [0.25, 0.3) is 5.91 Å². The summed E-state index contributed by atoms with van der Waals surface area (Å²) in [6.45, 7) is 2.31. The number of benzene rings is 1. The molecule has 0 unspecified atom stereocenters. The van der Waals surface area contributed by atoms with E-state index in [1.165, 1.54) is 0 Å². The number of amides is 2. The maximum atomic E-state index is 12.9. The fraction of sp³-hybridized carbons (Fsp3) is 0.556. The van der Waals surface area contributed by atoms with Gasteiger partial charge >= 0.3 is 0 Å². The summed E-state index contributed by atoms with van der Waals surface area (Å²) in [6, 6.07) is 5.94. The molecule has 1 fully saturated rings. The third kappa shape index (κ3) is 3.19. The lowest BCUT2D eigenvalue weighted by molar-refractivity contribution is -0.134. The SMILES string of the molecule is CN(C)C(=O)C1CCN(C(=O)c2cccc3c2CCCN3)CC1. The van der Waals surface area contributed by atoms with Gasteiger partial charge in [0.2, 0.25) is 5.91 Å². The van der Waals surface area contributed by atoms with Crippen molar-refractivity contribution >= 4 is 17.5 Å². The van der Waals surface area contributed by atoms with E-state index < -0.39 is 0 Å². The summed E-state index contributed by atoms with van der Waals surface area (Å²) in [4.78, 5) is 28.5. The number of nitrogens with zero attached hydrogens (tertiary/aromatic N) is 2. The van der Waals surface area contributed by atoms with Crippen molar-refractivity contribution in [3.8, 4) is 0 Å². The van der Waals surface area contributed by atoms with Gasteiger partial charge in [-0.15, -0.1) is 0 Å². The van der Waals surface area contributed by atoms with Crippen LogP contribution < -0.4 is 5.32 Å². The van der Waals surface area contributed by atoms with E-state index in [1.807, 2.05) is 23.1 Å². The Morgan fingerprint density at radius 1 is 1.22 bits per heavy atom. The molecule has 0 spiro atoms. The average Bonchev–Trinajstić information content (AvgIpc) is 2.60. The minimum Gasteiger partial charge on any atom is -0.385 e. The van der Waals surface area contributed by atoms with E-state index in [0.717, 1.165) is 49.0 Å². The van der Waals surface area contributed by atoms with Gasteiger partial charge in [-0.3, -0.25) is 9.59 Å². The van der Waals surface area contributed by atoms with Gasteiger partial charge in [-0.1, -0.05) is 6.07 Å². The first-order valence-electron chi connectivity index (χ1n) is 8.44. The number of rotatable bonds is 2. The number of hydrogen-bond acceptors (Lipinski definition) is 3. The van der Waals surface area contributed by atoms with Crippen LogP contribution in [0, 0.1) is 5.92 Å². The molecule has 1 aromatic rings. The number of carbonyl (C=O) groups excluding carboxylic acids is 2. The molecule has 1 aromatic carbocycles. The maximum Gasteiger partial charge on any atom is 0.254 e. The second-order valence-electron chi connectivity index (χ2n) is 6.66. The van der Waals surface area contributed by atoms with Crippen LogP contribution in [-0.4, -0.2) is 55.3 Å². The monoisotopic (exact) mass is 315 g/mol. The van der Waals surface area contributed by atoms with E-state index in [9.17, 15) is 9.59 Å². The highest BCUT2D eigenvalue weighted by molar-refractivity contribution is 5.97. The van der Waals surface area contributed by atoms with Crippen LogP contribution in [0.25, 0.3) is 0 Å². The van der Waals surface area contributed by atoms with Crippen LogP contribution >= 0.6 is 0 Å². The standard InChI is InChI=1S/C18H25N3O2/c1-20(2)17(22)13-8-11-21(12-9-13)18(23)15-5-3-7-16-14(15)6-4-10-19-16/h3,5,7,13,19H,4,6,8-12H2,1-2H3. The van der Waals surface area contributed by atoms with Crippen molar-refractivity contribution in [1.82, 2.24) is 9.80 Å². The van der Waals surface area contributed by atoms with E-state index in [1.54, 1.807) is 19.0 Å². The normalized spacial score (nSPS) is 18.1. The number of likely N-dealkylation sites (tertiary alicyclic amines) is 1. The number of fused-ring (bicyclic) bond motifs is 1. The second-order valence-corrected chi connectivity index (χ2v) is 6.66. The maximum absolute atomic E-state index is 12.9. The predicted octanol–water partition coefficient (Wildman–Crippen LogP) is 1.99. The molecule has 1 saturated heterocycles. The molecule has 2 aliphatic rings. The number of hydrogen-bond donors (Lipinski definition) is 1.